The fraction of sp³-hybridized carbons (Fsp3) is 0.500. The topological polar surface area (TPSA) is 17.1 Å². The van der Waals surface area contributed by atoms with Gasteiger partial charge in [0.05, 0.1) is 5.41 Å². The van der Waals surface area contributed by atoms with Crippen molar-refractivity contribution in [2.24, 2.45) is 29.1 Å². The molecular weight excluding hydrogens is 264 g/mol. The van der Waals surface area contributed by atoms with Gasteiger partial charge in [0.1, 0.15) is 0 Å². The first-order valence-corrected chi connectivity index (χ1v) is 6.82. The van der Waals surface area contributed by atoms with Crippen LogP contribution < -0.4 is 0 Å². The van der Waals surface area contributed by atoms with Crippen molar-refractivity contribution < 1.29 is 4.79 Å². The van der Waals surface area contributed by atoms with Crippen molar-refractivity contribution in [2.75, 3.05) is 0 Å². The summed E-state index contributed by atoms with van der Waals surface area (Å²) in [5.74, 6) is 3.55. The second-order valence-electron chi connectivity index (χ2n) is 5.83. The van der Waals surface area contributed by atoms with Gasteiger partial charge in [-0.05, 0) is 30.1 Å². The molecule has 6 rings (SSSR count). The molecule has 0 aromatic heterocycles. The summed E-state index contributed by atoms with van der Waals surface area (Å²) in [5, 5.41) is 0. The summed E-state index contributed by atoms with van der Waals surface area (Å²) in [5.41, 5.74) is 0.948. The van der Waals surface area contributed by atoms with Crippen LogP contribution in [0.1, 0.15) is 16.8 Å². The monoisotopic (exact) mass is 274 g/mol. The van der Waals surface area contributed by atoms with Gasteiger partial charge in [0.15, 0.2) is 5.78 Å². The van der Waals surface area contributed by atoms with E-state index in [2.05, 4.69) is 15.9 Å². The van der Waals surface area contributed by atoms with E-state index in [1.807, 2.05) is 30.3 Å². The van der Waals surface area contributed by atoms with E-state index in [1.54, 1.807) is 0 Å². The number of carbonyl (C=O) groups excluding carboxylic acids is 1. The molecule has 6 unspecified atom stereocenters. The normalized spacial score (nSPS) is 57.6. The van der Waals surface area contributed by atoms with E-state index in [1.165, 1.54) is 6.42 Å². The molecule has 5 aliphatic carbocycles. The van der Waals surface area contributed by atoms with Crippen molar-refractivity contribution in [3.05, 3.63) is 35.9 Å². The zero-order chi connectivity index (χ0) is 10.7. The number of alkyl halides is 1. The second-order valence-corrected chi connectivity index (χ2v) is 7.14. The Morgan fingerprint density at radius 1 is 1.19 bits per heavy atom. The molecule has 0 aliphatic heterocycles. The van der Waals surface area contributed by atoms with E-state index in [4.69, 9.17) is 0 Å². The van der Waals surface area contributed by atoms with Crippen molar-refractivity contribution in [1.82, 2.24) is 0 Å². The van der Waals surface area contributed by atoms with Crippen molar-refractivity contribution >= 4 is 21.7 Å². The predicted molar refractivity (Wildman–Crippen MR) is 63.4 cm³/mol. The third-order valence-corrected chi connectivity index (χ3v) is 7.50. The predicted octanol–water partition coefficient (Wildman–Crippen LogP) is 2.90. The standard InChI is InChI=1S/C14H11BrO/c15-14-9-6-8-10(11(9)14)13(8,14)12(16)7-4-2-1-3-5-7/h1-5,8-11H,6H2. The van der Waals surface area contributed by atoms with Crippen molar-refractivity contribution in [3.63, 3.8) is 0 Å². The Hall–Kier alpha value is -0.630. The summed E-state index contributed by atoms with van der Waals surface area (Å²) >= 11 is 3.89. The number of ketones is 1. The van der Waals surface area contributed by atoms with Gasteiger partial charge in [-0.3, -0.25) is 4.79 Å². The minimum Gasteiger partial charge on any atom is -0.293 e. The summed E-state index contributed by atoms with van der Waals surface area (Å²) in [7, 11) is 0. The summed E-state index contributed by atoms with van der Waals surface area (Å²) in [6.07, 6.45) is 1.30. The molecule has 2 heteroatoms. The average Bonchev–Trinajstić information content (AvgIpc) is 2.93. The minimum atomic E-state index is 0.0314. The van der Waals surface area contributed by atoms with Crippen LogP contribution in [0.4, 0.5) is 0 Å². The molecule has 0 heterocycles. The van der Waals surface area contributed by atoms with Gasteiger partial charge in [-0.25, -0.2) is 0 Å². The van der Waals surface area contributed by atoms with Gasteiger partial charge in [0.2, 0.25) is 0 Å². The molecule has 5 saturated carbocycles. The van der Waals surface area contributed by atoms with E-state index in [0.29, 0.717) is 5.78 Å². The molecule has 5 aliphatic rings. The maximum Gasteiger partial charge on any atom is 0.171 e. The van der Waals surface area contributed by atoms with Crippen LogP contribution in [-0.4, -0.2) is 10.1 Å². The molecule has 1 aromatic rings. The highest BCUT2D eigenvalue weighted by atomic mass is 79.9. The van der Waals surface area contributed by atoms with Gasteiger partial charge >= 0.3 is 0 Å². The first kappa shape index (κ1) is 8.46. The Bertz CT molecular complexity index is 527. The van der Waals surface area contributed by atoms with Crippen LogP contribution in [-0.2, 0) is 0 Å². The molecular formula is C14H11BrO. The van der Waals surface area contributed by atoms with Crippen LogP contribution in [0.3, 0.4) is 0 Å². The molecule has 0 saturated heterocycles. The van der Waals surface area contributed by atoms with Gasteiger partial charge < -0.3 is 0 Å². The molecule has 0 N–H and O–H groups in total. The smallest absolute Gasteiger partial charge is 0.171 e. The van der Waals surface area contributed by atoms with E-state index in [-0.39, 0.29) is 9.74 Å². The first-order chi connectivity index (χ1) is 7.74. The Morgan fingerprint density at radius 2 is 1.94 bits per heavy atom. The van der Waals surface area contributed by atoms with Crippen molar-refractivity contribution in [1.29, 1.82) is 0 Å². The Balaban J connectivity index is 1.63. The number of benzene rings is 1. The minimum absolute atomic E-state index is 0.0314. The SMILES string of the molecule is O=C(c1ccccc1)C12C3CC4C(C31)C42Br. The van der Waals surface area contributed by atoms with Crippen LogP contribution in [0, 0.1) is 29.1 Å². The van der Waals surface area contributed by atoms with Crippen LogP contribution in [0.25, 0.3) is 0 Å². The third kappa shape index (κ3) is 0.526. The number of carbonyl (C=O) groups is 1. The molecule has 2 bridgehead atoms. The Labute approximate surface area is 102 Å². The lowest BCUT2D eigenvalue weighted by atomic mass is 9.78. The third-order valence-electron chi connectivity index (χ3n) is 5.72. The van der Waals surface area contributed by atoms with E-state index < -0.39 is 0 Å². The van der Waals surface area contributed by atoms with E-state index >= 15 is 0 Å². The van der Waals surface area contributed by atoms with Gasteiger partial charge in [0.25, 0.3) is 0 Å². The summed E-state index contributed by atoms with van der Waals surface area (Å²) in [6, 6.07) is 9.85. The Kier molecular flexibility index (Phi) is 1.09. The fourth-order valence-electron chi connectivity index (χ4n) is 5.26. The van der Waals surface area contributed by atoms with Gasteiger partial charge in [0, 0.05) is 9.89 Å². The zero-order valence-corrected chi connectivity index (χ0v) is 10.3. The molecule has 5 fully saturated rings. The number of hydrogen-bond acceptors (Lipinski definition) is 1. The van der Waals surface area contributed by atoms with Crippen molar-refractivity contribution in [2.45, 2.75) is 10.7 Å². The average molecular weight is 275 g/mol. The fourth-order valence-corrected chi connectivity index (χ4v) is 6.94. The highest BCUT2D eigenvalue weighted by molar-refractivity contribution is 9.10. The van der Waals surface area contributed by atoms with Gasteiger partial charge in [-0.15, -0.1) is 0 Å². The van der Waals surface area contributed by atoms with Crippen LogP contribution >= 0.6 is 15.9 Å². The lowest BCUT2D eigenvalue weighted by Gasteiger charge is -2.30. The second kappa shape index (κ2) is 2.05. The summed E-state index contributed by atoms with van der Waals surface area (Å²) in [4.78, 5) is 12.6. The Morgan fingerprint density at radius 3 is 2.44 bits per heavy atom. The molecule has 16 heavy (non-hydrogen) atoms. The van der Waals surface area contributed by atoms with E-state index in [9.17, 15) is 4.79 Å². The summed E-state index contributed by atoms with van der Waals surface area (Å²) < 4.78 is 0.238. The van der Waals surface area contributed by atoms with Crippen LogP contribution in [0.5, 0.6) is 0 Å². The van der Waals surface area contributed by atoms with Gasteiger partial charge in [-0.1, -0.05) is 46.3 Å². The number of halogens is 1. The van der Waals surface area contributed by atoms with Crippen molar-refractivity contribution in [3.8, 4) is 0 Å². The number of rotatable bonds is 2. The highest BCUT2D eigenvalue weighted by Gasteiger charge is 3.05. The number of hydrogen-bond donors (Lipinski definition) is 0. The quantitative estimate of drug-likeness (QED) is 0.599. The highest BCUT2D eigenvalue weighted by Crippen LogP contribution is 3.03. The van der Waals surface area contributed by atoms with Gasteiger partial charge in [-0.2, -0.15) is 0 Å². The molecule has 0 spiro atoms. The molecule has 0 radical (unpaired) electrons. The maximum absolute atomic E-state index is 12.6. The number of Topliss-reactive ketones (excluding diaryl/α,β-unsaturated/α-hetero) is 1. The lowest BCUT2D eigenvalue weighted by Crippen LogP contribution is -2.39. The molecule has 1 aromatic carbocycles. The molecule has 0 amide bonds. The largest absolute Gasteiger partial charge is 0.293 e. The van der Waals surface area contributed by atoms with E-state index in [0.717, 1.165) is 29.2 Å². The molecule has 1 nitrogen and oxygen atoms in total. The summed E-state index contributed by atoms with van der Waals surface area (Å²) in [6.45, 7) is 0. The molecule has 80 valence electrons. The maximum atomic E-state index is 12.6. The molecule has 6 atom stereocenters. The van der Waals surface area contributed by atoms with Crippen LogP contribution in [0.2, 0.25) is 0 Å². The first-order valence-electron chi connectivity index (χ1n) is 6.02. The zero-order valence-electron chi connectivity index (χ0n) is 8.69. The van der Waals surface area contributed by atoms with Crippen LogP contribution in [0.15, 0.2) is 30.3 Å². The lowest BCUT2D eigenvalue weighted by molar-refractivity contribution is 0.0827.